The molecule has 28 heavy (non-hydrogen) atoms. The van der Waals surface area contributed by atoms with Gasteiger partial charge in [0.15, 0.2) is 16.4 Å². The van der Waals surface area contributed by atoms with Crippen LogP contribution in [-0.4, -0.2) is 32.1 Å². The van der Waals surface area contributed by atoms with Gasteiger partial charge in [0.2, 0.25) is 5.91 Å². The third kappa shape index (κ3) is 4.01. The minimum absolute atomic E-state index is 0.0316. The SMILES string of the molecule is Cc1cccc(NC(=O)C[C@H](C)S(=O)(=O)c2ccc3c(c2)NC(=O)CO3)c1C. The number of carbonyl (C=O) groups excluding carboxylic acids is 2. The van der Waals surface area contributed by atoms with Crippen molar-refractivity contribution in [2.24, 2.45) is 0 Å². The van der Waals surface area contributed by atoms with E-state index in [1.165, 1.54) is 25.1 Å². The first-order valence-corrected chi connectivity index (χ1v) is 10.4. The highest BCUT2D eigenvalue weighted by atomic mass is 32.2. The lowest BCUT2D eigenvalue weighted by molar-refractivity contribution is -0.118. The Morgan fingerprint density at radius 1 is 1.25 bits per heavy atom. The largest absolute Gasteiger partial charge is 0.482 e. The van der Waals surface area contributed by atoms with Crippen molar-refractivity contribution in [3.63, 3.8) is 0 Å². The molecule has 2 N–H and O–H groups in total. The van der Waals surface area contributed by atoms with E-state index < -0.39 is 15.1 Å². The molecule has 1 heterocycles. The third-order valence-corrected chi connectivity index (χ3v) is 6.93. The number of rotatable bonds is 5. The standard InChI is InChI=1S/C20H22N2O5S/c1-12-5-4-6-16(14(12)3)21-19(23)9-13(2)28(25,26)15-7-8-18-17(10-15)22-20(24)11-27-18/h4-8,10,13H,9,11H2,1-3H3,(H,21,23)(H,22,24)/t13-/m0/s1. The molecule has 2 aromatic rings. The molecule has 0 radical (unpaired) electrons. The highest BCUT2D eigenvalue weighted by Gasteiger charge is 2.28. The van der Waals surface area contributed by atoms with Crippen LogP contribution in [0.5, 0.6) is 5.75 Å². The van der Waals surface area contributed by atoms with Crippen molar-refractivity contribution in [2.45, 2.75) is 37.3 Å². The molecule has 1 aliphatic heterocycles. The molecule has 0 fully saturated rings. The van der Waals surface area contributed by atoms with Gasteiger partial charge in [0.05, 0.1) is 15.8 Å². The molecule has 2 amide bonds. The van der Waals surface area contributed by atoms with Gasteiger partial charge in [-0.2, -0.15) is 0 Å². The predicted molar refractivity (Wildman–Crippen MR) is 106 cm³/mol. The summed E-state index contributed by atoms with van der Waals surface area (Å²) >= 11 is 0. The average molecular weight is 402 g/mol. The van der Waals surface area contributed by atoms with Gasteiger partial charge < -0.3 is 15.4 Å². The number of hydrogen-bond donors (Lipinski definition) is 2. The normalized spacial score (nSPS) is 14.5. The number of carbonyl (C=O) groups is 2. The second kappa shape index (κ2) is 7.63. The summed E-state index contributed by atoms with van der Waals surface area (Å²) in [5.74, 6) is -0.304. The van der Waals surface area contributed by atoms with E-state index in [-0.39, 0.29) is 29.7 Å². The summed E-state index contributed by atoms with van der Waals surface area (Å²) in [7, 11) is -3.76. The molecule has 0 saturated heterocycles. The van der Waals surface area contributed by atoms with Crippen LogP contribution in [0.25, 0.3) is 0 Å². The second-order valence-electron chi connectivity index (χ2n) is 6.85. The Hall–Kier alpha value is -2.87. The monoisotopic (exact) mass is 402 g/mol. The first-order chi connectivity index (χ1) is 13.2. The topological polar surface area (TPSA) is 102 Å². The number of sulfone groups is 1. The van der Waals surface area contributed by atoms with Gasteiger partial charge in [-0.3, -0.25) is 9.59 Å². The van der Waals surface area contributed by atoms with Gasteiger partial charge in [-0.05, 0) is 56.2 Å². The predicted octanol–water partition coefficient (Wildman–Crippen LogP) is 2.83. The van der Waals surface area contributed by atoms with Crippen molar-refractivity contribution in [1.82, 2.24) is 0 Å². The Labute approximate surface area is 164 Å². The first kappa shape index (κ1) is 19.9. The number of aryl methyl sites for hydroxylation is 1. The molecule has 2 aromatic carbocycles. The first-order valence-electron chi connectivity index (χ1n) is 8.85. The fourth-order valence-corrected chi connectivity index (χ4v) is 4.31. The van der Waals surface area contributed by atoms with E-state index >= 15 is 0 Å². The maximum Gasteiger partial charge on any atom is 0.262 e. The number of benzene rings is 2. The van der Waals surface area contributed by atoms with E-state index in [9.17, 15) is 18.0 Å². The third-order valence-electron chi connectivity index (χ3n) is 4.79. The highest BCUT2D eigenvalue weighted by Crippen LogP contribution is 2.31. The smallest absolute Gasteiger partial charge is 0.262 e. The Balaban J connectivity index is 1.75. The molecule has 0 aromatic heterocycles. The Morgan fingerprint density at radius 2 is 2.00 bits per heavy atom. The van der Waals surface area contributed by atoms with Crippen LogP contribution in [-0.2, 0) is 19.4 Å². The Morgan fingerprint density at radius 3 is 2.75 bits per heavy atom. The molecule has 3 rings (SSSR count). The van der Waals surface area contributed by atoms with Crippen LogP contribution in [0.2, 0.25) is 0 Å². The van der Waals surface area contributed by atoms with E-state index in [1.54, 1.807) is 6.07 Å². The average Bonchev–Trinajstić information content (AvgIpc) is 2.64. The number of anilines is 2. The fourth-order valence-electron chi connectivity index (χ4n) is 2.93. The van der Waals surface area contributed by atoms with E-state index in [0.29, 0.717) is 17.1 Å². The van der Waals surface area contributed by atoms with Crippen LogP contribution < -0.4 is 15.4 Å². The van der Waals surface area contributed by atoms with Crippen LogP contribution >= 0.6 is 0 Å². The molecule has 1 aliphatic rings. The Bertz CT molecular complexity index is 1050. The van der Waals surface area contributed by atoms with E-state index in [1.807, 2.05) is 26.0 Å². The summed E-state index contributed by atoms with van der Waals surface area (Å²) < 4.78 is 31.0. The maximum absolute atomic E-state index is 12.9. The summed E-state index contributed by atoms with van der Waals surface area (Å²) in [6.45, 7) is 5.23. The highest BCUT2D eigenvalue weighted by molar-refractivity contribution is 7.92. The molecule has 7 nitrogen and oxygen atoms in total. The van der Waals surface area contributed by atoms with E-state index in [0.717, 1.165) is 11.1 Å². The molecule has 0 bridgehead atoms. The zero-order valence-corrected chi connectivity index (χ0v) is 16.7. The lowest BCUT2D eigenvalue weighted by atomic mass is 10.1. The Kier molecular flexibility index (Phi) is 5.42. The number of nitrogens with one attached hydrogen (secondary N) is 2. The molecular formula is C20H22N2O5S. The van der Waals surface area contributed by atoms with Crippen LogP contribution in [0.3, 0.4) is 0 Å². The molecule has 148 valence electrons. The fraction of sp³-hybridized carbons (Fsp3) is 0.300. The molecule has 8 heteroatoms. The van der Waals surface area contributed by atoms with Crippen molar-refractivity contribution < 1.29 is 22.7 Å². The zero-order valence-electron chi connectivity index (χ0n) is 15.9. The number of ether oxygens (including phenoxy) is 1. The van der Waals surface area contributed by atoms with Crippen LogP contribution in [0.4, 0.5) is 11.4 Å². The molecule has 1 atom stereocenters. The lowest BCUT2D eigenvalue weighted by Gasteiger charge is -2.19. The zero-order chi connectivity index (χ0) is 20.5. The van der Waals surface area contributed by atoms with Crippen molar-refractivity contribution in [3.8, 4) is 5.75 Å². The summed E-state index contributed by atoms with van der Waals surface area (Å²) in [5.41, 5.74) is 2.96. The summed E-state index contributed by atoms with van der Waals surface area (Å²) in [6.07, 6.45) is -0.185. The quantitative estimate of drug-likeness (QED) is 0.801. The minimum Gasteiger partial charge on any atom is -0.482 e. The van der Waals surface area contributed by atoms with Crippen molar-refractivity contribution >= 4 is 33.0 Å². The maximum atomic E-state index is 12.9. The molecule has 0 aliphatic carbocycles. The molecule has 0 spiro atoms. The minimum atomic E-state index is -3.76. The van der Waals surface area contributed by atoms with Gasteiger partial charge >= 0.3 is 0 Å². The van der Waals surface area contributed by atoms with Crippen molar-refractivity contribution in [3.05, 3.63) is 47.5 Å². The number of fused-ring (bicyclic) bond motifs is 1. The molecule has 0 unspecified atom stereocenters. The van der Waals surface area contributed by atoms with Gasteiger partial charge in [-0.1, -0.05) is 12.1 Å². The van der Waals surface area contributed by atoms with Gasteiger partial charge in [-0.25, -0.2) is 8.42 Å². The summed E-state index contributed by atoms with van der Waals surface area (Å²) in [5, 5.41) is 4.44. The van der Waals surface area contributed by atoms with E-state index in [2.05, 4.69) is 10.6 Å². The number of hydrogen-bond acceptors (Lipinski definition) is 5. The lowest BCUT2D eigenvalue weighted by Crippen LogP contribution is -2.27. The summed E-state index contributed by atoms with van der Waals surface area (Å²) in [4.78, 5) is 23.9. The van der Waals surface area contributed by atoms with Crippen LogP contribution in [0.15, 0.2) is 41.3 Å². The van der Waals surface area contributed by atoms with Gasteiger partial charge in [0, 0.05) is 12.1 Å². The van der Waals surface area contributed by atoms with Gasteiger partial charge in [-0.15, -0.1) is 0 Å². The van der Waals surface area contributed by atoms with Gasteiger partial charge in [0.25, 0.3) is 5.91 Å². The van der Waals surface area contributed by atoms with Crippen LogP contribution in [0.1, 0.15) is 24.5 Å². The van der Waals surface area contributed by atoms with Crippen molar-refractivity contribution in [2.75, 3.05) is 17.2 Å². The second-order valence-corrected chi connectivity index (χ2v) is 9.22. The van der Waals surface area contributed by atoms with Gasteiger partial charge in [0.1, 0.15) is 5.75 Å². The molecule has 0 saturated carbocycles. The summed E-state index contributed by atoms with van der Waals surface area (Å²) in [6, 6.07) is 9.85. The van der Waals surface area contributed by atoms with Crippen LogP contribution in [0, 0.1) is 13.8 Å². The van der Waals surface area contributed by atoms with E-state index in [4.69, 9.17) is 4.74 Å². The van der Waals surface area contributed by atoms with Crippen molar-refractivity contribution in [1.29, 1.82) is 0 Å². The molecular weight excluding hydrogens is 380 g/mol. The number of amides is 2.